The Bertz CT molecular complexity index is 824. The molecule has 2 aromatic carbocycles. The van der Waals surface area contributed by atoms with Gasteiger partial charge in [-0.05, 0) is 75.4 Å². The topological polar surface area (TPSA) is 52.1 Å². The second-order valence-corrected chi connectivity index (χ2v) is 7.85. The van der Waals surface area contributed by atoms with E-state index in [2.05, 4.69) is 36.5 Å². The zero-order valence-electron chi connectivity index (χ0n) is 20.0. The maximum atomic E-state index is 6.07. The van der Waals surface area contributed by atoms with Crippen molar-refractivity contribution in [2.45, 2.75) is 46.5 Å². The van der Waals surface area contributed by atoms with Gasteiger partial charge in [-0.3, -0.25) is 0 Å². The van der Waals surface area contributed by atoms with Gasteiger partial charge in [-0.1, -0.05) is 47.6 Å². The number of nitrogens with zero attached hydrogens (tertiary/aromatic N) is 1. The van der Waals surface area contributed by atoms with Crippen molar-refractivity contribution in [1.82, 2.24) is 5.32 Å². The van der Waals surface area contributed by atoms with Crippen LogP contribution >= 0.6 is 0 Å². The predicted molar refractivity (Wildman–Crippen MR) is 133 cm³/mol. The summed E-state index contributed by atoms with van der Waals surface area (Å²) in [6.45, 7) is 9.14. The number of hydrogen-bond acceptors (Lipinski definition) is 5. The van der Waals surface area contributed by atoms with E-state index in [9.17, 15) is 0 Å². The lowest BCUT2D eigenvalue weighted by molar-refractivity contribution is 0.212. The van der Waals surface area contributed by atoms with Gasteiger partial charge in [-0.15, -0.1) is 0 Å². The van der Waals surface area contributed by atoms with Crippen LogP contribution < -0.4 is 14.8 Å². The van der Waals surface area contributed by atoms with Crippen molar-refractivity contribution >= 4 is 5.71 Å². The Morgan fingerprint density at radius 3 is 2.44 bits per heavy atom. The Labute approximate surface area is 193 Å². The molecule has 0 saturated carbocycles. The van der Waals surface area contributed by atoms with Gasteiger partial charge in [-0.25, -0.2) is 0 Å². The molecular weight excluding hydrogens is 400 g/mol. The van der Waals surface area contributed by atoms with Gasteiger partial charge >= 0.3 is 0 Å². The molecule has 0 fully saturated rings. The number of ether oxygens (including phenoxy) is 2. The Hall–Kier alpha value is -2.79. The second-order valence-electron chi connectivity index (χ2n) is 7.85. The van der Waals surface area contributed by atoms with Gasteiger partial charge in [0.05, 0.1) is 12.3 Å². The molecule has 0 atom stereocenters. The van der Waals surface area contributed by atoms with E-state index in [0.717, 1.165) is 73.7 Å². The third-order valence-corrected chi connectivity index (χ3v) is 5.06. The Balaban J connectivity index is 1.63. The molecule has 0 aliphatic heterocycles. The van der Waals surface area contributed by atoms with Gasteiger partial charge in [0.1, 0.15) is 25.2 Å². The van der Waals surface area contributed by atoms with Crippen LogP contribution in [0.4, 0.5) is 0 Å². The van der Waals surface area contributed by atoms with E-state index < -0.39 is 0 Å². The van der Waals surface area contributed by atoms with Crippen LogP contribution in [0.5, 0.6) is 11.5 Å². The lowest BCUT2D eigenvalue weighted by Gasteiger charge is -2.14. The van der Waals surface area contributed by atoms with E-state index in [1.165, 1.54) is 5.56 Å². The van der Waals surface area contributed by atoms with Crippen LogP contribution in [0.3, 0.4) is 0 Å². The van der Waals surface area contributed by atoms with Crippen LogP contribution in [0.25, 0.3) is 0 Å². The fourth-order valence-corrected chi connectivity index (χ4v) is 3.49. The van der Waals surface area contributed by atoms with Crippen LogP contribution in [-0.4, -0.2) is 39.1 Å². The minimum atomic E-state index is 0.592. The van der Waals surface area contributed by atoms with Crippen molar-refractivity contribution in [3.8, 4) is 11.5 Å². The Kier molecular flexibility index (Phi) is 12.0. The molecule has 1 N–H and O–H groups in total. The third kappa shape index (κ3) is 9.56. The molecule has 0 aliphatic rings. The Morgan fingerprint density at radius 2 is 1.75 bits per heavy atom. The molecule has 174 valence electrons. The smallest absolute Gasteiger partial charge is 0.125 e. The number of benzene rings is 2. The Morgan fingerprint density at radius 1 is 1.00 bits per heavy atom. The van der Waals surface area contributed by atoms with Crippen LogP contribution in [0, 0.1) is 13.8 Å². The van der Waals surface area contributed by atoms with Crippen molar-refractivity contribution < 1.29 is 14.3 Å². The summed E-state index contributed by atoms with van der Waals surface area (Å²) in [4.78, 5) is 5.00. The highest BCUT2D eigenvalue weighted by Gasteiger charge is 2.07. The average molecular weight is 439 g/mol. The van der Waals surface area contributed by atoms with E-state index in [-0.39, 0.29) is 0 Å². The first-order chi connectivity index (χ1) is 15.6. The van der Waals surface area contributed by atoms with Crippen molar-refractivity contribution in [3.63, 3.8) is 0 Å². The van der Waals surface area contributed by atoms with E-state index in [4.69, 9.17) is 14.3 Å². The molecule has 2 rings (SSSR count). The molecule has 0 spiro atoms. The summed E-state index contributed by atoms with van der Waals surface area (Å²) < 4.78 is 11.8. The molecule has 2 aromatic rings. The maximum Gasteiger partial charge on any atom is 0.125 e. The number of nitrogens with one attached hydrogen (secondary N) is 1. The standard InChI is InChI=1S/C27H38N2O3/c1-5-6-16-31-26-18-22(2)27(23(3)19-26)32-17-12-8-11-15-28-21-25(29-30-4)20-24-13-9-7-10-14-24/h5-7,9-10,13-14,18-19,28H,8,11-12,15-17,20-21H2,1-4H3/b6-5+,29-25+. The van der Waals surface area contributed by atoms with E-state index in [1.807, 2.05) is 49.4 Å². The highest BCUT2D eigenvalue weighted by Crippen LogP contribution is 2.28. The van der Waals surface area contributed by atoms with Gasteiger partial charge in [0.2, 0.25) is 0 Å². The molecule has 0 aromatic heterocycles. The molecule has 0 bridgehead atoms. The molecule has 0 unspecified atom stereocenters. The summed E-state index contributed by atoms with van der Waals surface area (Å²) in [7, 11) is 1.60. The molecule has 5 nitrogen and oxygen atoms in total. The molecule has 32 heavy (non-hydrogen) atoms. The van der Waals surface area contributed by atoms with Crippen LogP contribution in [-0.2, 0) is 11.3 Å². The average Bonchev–Trinajstić information content (AvgIpc) is 2.78. The SMILES string of the molecule is C/C=C/COc1cc(C)c(OCCCCCNC/C(Cc2ccccc2)=N/OC)c(C)c1. The summed E-state index contributed by atoms with van der Waals surface area (Å²) in [6.07, 6.45) is 8.04. The van der Waals surface area contributed by atoms with Gasteiger partial charge in [0, 0.05) is 13.0 Å². The first kappa shape index (κ1) is 25.5. The quantitative estimate of drug-likeness (QED) is 0.169. The normalized spacial score (nSPS) is 11.7. The number of allylic oxidation sites excluding steroid dienone is 1. The van der Waals surface area contributed by atoms with Crippen molar-refractivity contribution in [3.05, 3.63) is 71.3 Å². The number of oxime groups is 1. The largest absolute Gasteiger partial charge is 0.493 e. The zero-order chi connectivity index (χ0) is 23.0. The minimum absolute atomic E-state index is 0.592. The number of aryl methyl sites for hydroxylation is 2. The van der Waals surface area contributed by atoms with Crippen molar-refractivity contribution in [2.75, 3.05) is 33.4 Å². The fraction of sp³-hybridized carbons (Fsp3) is 0.444. The summed E-state index contributed by atoms with van der Waals surface area (Å²) in [6, 6.07) is 14.4. The lowest BCUT2D eigenvalue weighted by atomic mass is 10.1. The molecule has 0 radical (unpaired) electrons. The van der Waals surface area contributed by atoms with Gasteiger partial charge in [0.25, 0.3) is 0 Å². The first-order valence-electron chi connectivity index (χ1n) is 11.5. The van der Waals surface area contributed by atoms with E-state index in [0.29, 0.717) is 6.61 Å². The summed E-state index contributed by atoms with van der Waals surface area (Å²) in [5.41, 5.74) is 4.48. The zero-order valence-corrected chi connectivity index (χ0v) is 20.0. The molecule has 0 saturated heterocycles. The maximum absolute atomic E-state index is 6.07. The summed E-state index contributed by atoms with van der Waals surface area (Å²) in [5.74, 6) is 1.86. The molecule has 0 aliphatic carbocycles. The predicted octanol–water partition coefficient (Wildman–Crippen LogP) is 5.64. The van der Waals surface area contributed by atoms with Crippen molar-refractivity contribution in [2.24, 2.45) is 5.16 Å². The molecular formula is C27H38N2O3. The summed E-state index contributed by atoms with van der Waals surface area (Å²) >= 11 is 0. The van der Waals surface area contributed by atoms with Gasteiger partial charge in [-0.2, -0.15) is 0 Å². The minimum Gasteiger partial charge on any atom is -0.493 e. The number of unbranched alkanes of at least 4 members (excludes halogenated alkanes) is 2. The van der Waals surface area contributed by atoms with Crippen LogP contribution in [0.1, 0.15) is 42.9 Å². The van der Waals surface area contributed by atoms with E-state index >= 15 is 0 Å². The van der Waals surface area contributed by atoms with Gasteiger partial charge in [0.15, 0.2) is 0 Å². The highest BCUT2D eigenvalue weighted by molar-refractivity contribution is 5.87. The molecule has 5 heteroatoms. The lowest BCUT2D eigenvalue weighted by Crippen LogP contribution is -2.25. The first-order valence-corrected chi connectivity index (χ1v) is 11.5. The second kappa shape index (κ2) is 15.1. The van der Waals surface area contributed by atoms with Crippen LogP contribution in [0.15, 0.2) is 59.8 Å². The van der Waals surface area contributed by atoms with E-state index in [1.54, 1.807) is 7.11 Å². The number of hydrogen-bond donors (Lipinski definition) is 1. The number of rotatable bonds is 15. The van der Waals surface area contributed by atoms with Gasteiger partial charge < -0.3 is 19.6 Å². The molecule has 0 heterocycles. The molecule has 0 amide bonds. The summed E-state index contributed by atoms with van der Waals surface area (Å²) in [5, 5.41) is 7.64. The monoisotopic (exact) mass is 438 g/mol. The third-order valence-electron chi connectivity index (χ3n) is 5.06. The van der Waals surface area contributed by atoms with Crippen LogP contribution in [0.2, 0.25) is 0 Å². The fourth-order valence-electron chi connectivity index (χ4n) is 3.49. The van der Waals surface area contributed by atoms with Crippen molar-refractivity contribution in [1.29, 1.82) is 0 Å². The highest BCUT2D eigenvalue weighted by atomic mass is 16.6.